The fourth-order valence-electron chi connectivity index (χ4n) is 1.27. The molecule has 2 N–H and O–H groups in total. The molecule has 0 aromatic carbocycles. The molecule has 0 aliphatic rings. The lowest BCUT2D eigenvalue weighted by molar-refractivity contribution is -0.139. The van der Waals surface area contributed by atoms with Crippen LogP contribution in [0.2, 0.25) is 0 Å². The van der Waals surface area contributed by atoms with Gasteiger partial charge < -0.3 is 15.2 Å². The normalized spacial score (nSPS) is 14.2. The van der Waals surface area contributed by atoms with Crippen LogP contribution in [0, 0.1) is 0 Å². The number of carbonyl (C=O) groups is 2. The lowest BCUT2D eigenvalue weighted by Crippen LogP contribution is -2.48. The van der Waals surface area contributed by atoms with E-state index >= 15 is 0 Å². The predicted octanol–water partition coefficient (Wildman–Crippen LogP) is 1.17. The summed E-state index contributed by atoms with van der Waals surface area (Å²) in [6.45, 7) is 6.05. The molecule has 0 radical (unpaired) electrons. The largest absolute Gasteiger partial charge is 0.481 e. The van der Waals surface area contributed by atoms with E-state index in [1.165, 1.54) is 0 Å². The van der Waals surface area contributed by atoms with E-state index in [4.69, 9.17) is 9.84 Å². The summed E-state index contributed by atoms with van der Waals surface area (Å²) in [6, 6.07) is 0. The molecule has 1 atom stereocenters. The van der Waals surface area contributed by atoms with Gasteiger partial charge in [0.05, 0.1) is 6.42 Å². The first-order valence-corrected chi connectivity index (χ1v) is 5.54. The molecule has 5 heteroatoms. The van der Waals surface area contributed by atoms with E-state index in [-0.39, 0.29) is 18.9 Å². The maximum atomic E-state index is 11.4. The second-order valence-electron chi connectivity index (χ2n) is 4.09. The lowest BCUT2D eigenvalue weighted by atomic mass is 9.94. The number of nitrogens with one attached hydrogen (secondary N) is 1. The van der Waals surface area contributed by atoms with Crippen LogP contribution in [0.5, 0.6) is 0 Å². The Morgan fingerprint density at radius 2 is 2.00 bits per heavy atom. The van der Waals surface area contributed by atoms with Crippen LogP contribution in [0.25, 0.3) is 0 Å². The second kappa shape index (κ2) is 7.22. The van der Waals surface area contributed by atoms with Crippen molar-refractivity contribution >= 4 is 11.9 Å². The number of rotatable bonds is 8. The van der Waals surface area contributed by atoms with Gasteiger partial charge in [0, 0.05) is 12.1 Å². The van der Waals surface area contributed by atoms with Crippen LogP contribution >= 0.6 is 0 Å². The summed E-state index contributed by atoms with van der Waals surface area (Å²) in [7, 11) is 0. The molecule has 94 valence electrons. The summed E-state index contributed by atoms with van der Waals surface area (Å²) in [6.07, 6.45) is 1.34. The van der Waals surface area contributed by atoms with Gasteiger partial charge in [-0.1, -0.05) is 13.8 Å². The van der Waals surface area contributed by atoms with Gasteiger partial charge in [0.2, 0.25) is 5.91 Å². The van der Waals surface area contributed by atoms with Gasteiger partial charge >= 0.3 is 5.97 Å². The molecule has 0 rings (SSSR count). The third-order valence-electron chi connectivity index (χ3n) is 2.34. The lowest BCUT2D eigenvalue weighted by Gasteiger charge is -2.27. The van der Waals surface area contributed by atoms with Crippen molar-refractivity contribution in [2.24, 2.45) is 0 Å². The number of hydrogen-bond acceptors (Lipinski definition) is 3. The predicted molar refractivity (Wildman–Crippen MR) is 60.2 cm³/mol. The summed E-state index contributed by atoms with van der Waals surface area (Å²) < 4.78 is 5.08. The highest BCUT2D eigenvalue weighted by atomic mass is 16.5. The fraction of sp³-hybridized carbons (Fsp3) is 0.818. The van der Waals surface area contributed by atoms with Crippen molar-refractivity contribution in [2.75, 3.05) is 13.2 Å². The van der Waals surface area contributed by atoms with Crippen LogP contribution in [0.15, 0.2) is 0 Å². The zero-order chi connectivity index (χ0) is 12.6. The molecule has 16 heavy (non-hydrogen) atoms. The van der Waals surface area contributed by atoms with E-state index in [1.54, 1.807) is 6.92 Å². The van der Waals surface area contributed by atoms with Gasteiger partial charge in [0.1, 0.15) is 6.61 Å². The van der Waals surface area contributed by atoms with E-state index < -0.39 is 11.5 Å². The Morgan fingerprint density at radius 3 is 2.44 bits per heavy atom. The van der Waals surface area contributed by atoms with Crippen LogP contribution in [-0.2, 0) is 14.3 Å². The SMILES string of the molecule is CCCOCC(=O)NC(C)(CC)CC(=O)O. The Balaban J connectivity index is 4.09. The van der Waals surface area contributed by atoms with E-state index in [9.17, 15) is 9.59 Å². The van der Waals surface area contributed by atoms with E-state index in [0.717, 1.165) is 6.42 Å². The minimum atomic E-state index is -0.917. The molecule has 5 nitrogen and oxygen atoms in total. The molecule has 0 aromatic heterocycles. The number of carbonyl (C=O) groups excluding carboxylic acids is 1. The van der Waals surface area contributed by atoms with Crippen molar-refractivity contribution in [1.82, 2.24) is 5.32 Å². The molecular weight excluding hydrogens is 210 g/mol. The fourth-order valence-corrected chi connectivity index (χ4v) is 1.27. The number of amides is 1. The first-order valence-electron chi connectivity index (χ1n) is 5.54. The number of aliphatic carboxylic acids is 1. The van der Waals surface area contributed by atoms with Crippen LogP contribution in [0.4, 0.5) is 0 Å². The molecule has 0 fully saturated rings. The average Bonchev–Trinajstić information content (AvgIpc) is 2.16. The highest BCUT2D eigenvalue weighted by molar-refractivity contribution is 5.79. The molecule has 0 aliphatic carbocycles. The summed E-state index contributed by atoms with van der Waals surface area (Å²) >= 11 is 0. The van der Waals surface area contributed by atoms with E-state index in [2.05, 4.69) is 5.32 Å². The van der Waals surface area contributed by atoms with Gasteiger partial charge in [0.25, 0.3) is 0 Å². The van der Waals surface area contributed by atoms with Crippen molar-refractivity contribution in [3.63, 3.8) is 0 Å². The summed E-state index contributed by atoms with van der Waals surface area (Å²) in [5, 5.41) is 11.4. The molecule has 0 saturated carbocycles. The molecule has 1 unspecified atom stereocenters. The van der Waals surface area contributed by atoms with Crippen molar-refractivity contribution in [2.45, 2.75) is 45.6 Å². The van der Waals surface area contributed by atoms with Gasteiger partial charge in [-0.2, -0.15) is 0 Å². The van der Waals surface area contributed by atoms with Gasteiger partial charge in [0.15, 0.2) is 0 Å². The molecule has 0 aromatic rings. The quantitative estimate of drug-likeness (QED) is 0.615. The third-order valence-corrected chi connectivity index (χ3v) is 2.34. The monoisotopic (exact) mass is 231 g/mol. The van der Waals surface area contributed by atoms with Crippen molar-refractivity contribution < 1.29 is 19.4 Å². The maximum Gasteiger partial charge on any atom is 0.305 e. The third kappa shape index (κ3) is 6.40. The zero-order valence-corrected chi connectivity index (χ0v) is 10.2. The van der Waals surface area contributed by atoms with E-state index in [1.807, 2.05) is 13.8 Å². The summed E-state index contributed by atoms with van der Waals surface area (Å²) in [4.78, 5) is 22.1. The number of ether oxygens (including phenoxy) is 1. The molecule has 0 saturated heterocycles. The topological polar surface area (TPSA) is 75.6 Å². The Morgan fingerprint density at radius 1 is 1.38 bits per heavy atom. The Kier molecular flexibility index (Phi) is 6.72. The highest BCUT2D eigenvalue weighted by Crippen LogP contribution is 2.14. The smallest absolute Gasteiger partial charge is 0.305 e. The maximum absolute atomic E-state index is 11.4. The zero-order valence-electron chi connectivity index (χ0n) is 10.2. The van der Waals surface area contributed by atoms with Crippen molar-refractivity contribution in [3.8, 4) is 0 Å². The van der Waals surface area contributed by atoms with E-state index in [0.29, 0.717) is 13.0 Å². The molecule has 1 amide bonds. The highest BCUT2D eigenvalue weighted by Gasteiger charge is 2.27. The second-order valence-corrected chi connectivity index (χ2v) is 4.09. The standard InChI is InChI=1S/C11H21NO4/c1-4-6-16-8-9(13)12-11(3,5-2)7-10(14)15/h4-8H2,1-3H3,(H,12,13)(H,14,15). The number of carboxylic acids is 1. The van der Waals surface area contributed by atoms with Gasteiger partial charge in [-0.25, -0.2) is 0 Å². The Hall–Kier alpha value is -1.10. The minimum Gasteiger partial charge on any atom is -0.481 e. The van der Waals surface area contributed by atoms with Crippen LogP contribution in [-0.4, -0.2) is 35.7 Å². The number of hydrogen-bond donors (Lipinski definition) is 2. The molecule has 0 spiro atoms. The minimum absolute atomic E-state index is 0.0109. The van der Waals surface area contributed by atoms with Crippen LogP contribution < -0.4 is 5.32 Å². The number of carboxylic acid groups (broad SMARTS) is 1. The van der Waals surface area contributed by atoms with Crippen LogP contribution in [0.3, 0.4) is 0 Å². The molecular formula is C11H21NO4. The first kappa shape index (κ1) is 14.9. The first-order chi connectivity index (χ1) is 7.43. The van der Waals surface area contributed by atoms with Gasteiger partial charge in [-0.05, 0) is 19.8 Å². The molecule has 0 bridgehead atoms. The average molecular weight is 231 g/mol. The Bertz CT molecular complexity index is 242. The summed E-state index contributed by atoms with van der Waals surface area (Å²) in [5.41, 5.74) is -0.696. The molecule has 0 aliphatic heterocycles. The van der Waals surface area contributed by atoms with Gasteiger partial charge in [-0.15, -0.1) is 0 Å². The van der Waals surface area contributed by atoms with Crippen LogP contribution in [0.1, 0.15) is 40.0 Å². The summed E-state index contributed by atoms with van der Waals surface area (Å²) in [5.74, 6) is -1.18. The van der Waals surface area contributed by atoms with Gasteiger partial charge in [-0.3, -0.25) is 9.59 Å². The van der Waals surface area contributed by atoms with Crippen molar-refractivity contribution in [1.29, 1.82) is 0 Å². The Labute approximate surface area is 96.2 Å². The molecule has 0 heterocycles. The van der Waals surface area contributed by atoms with Crippen molar-refractivity contribution in [3.05, 3.63) is 0 Å².